The first-order valence-electron chi connectivity index (χ1n) is 17.5. The summed E-state index contributed by atoms with van der Waals surface area (Å²) >= 11 is 12.0. The molecule has 0 fully saturated rings. The van der Waals surface area contributed by atoms with Gasteiger partial charge in [-0.3, -0.25) is 14.4 Å². The van der Waals surface area contributed by atoms with Gasteiger partial charge in [-0.1, -0.05) is 78.6 Å². The molecule has 0 aromatic rings. The van der Waals surface area contributed by atoms with Gasteiger partial charge in [-0.2, -0.15) is 37.9 Å². The Kier molecular flexibility index (Phi) is 39.0. The third-order valence-corrected chi connectivity index (χ3v) is 7.69. The number of rotatable bonds is 24. The molecule has 0 amide bonds. The SMILES string of the molecule is CCCCCCC(C)(C)OC(=O)CCS.CCCCCCC(C)(C)OC(=O)CCS.CCCCCCC(C)(C)OC(=O)CCS.[Sb]. The molecule has 0 atom stereocenters. The molecule has 0 saturated carbocycles. The summed E-state index contributed by atoms with van der Waals surface area (Å²) in [7, 11) is 0. The van der Waals surface area contributed by atoms with E-state index < -0.39 is 0 Å². The van der Waals surface area contributed by atoms with Gasteiger partial charge in [0.2, 0.25) is 0 Å². The topological polar surface area (TPSA) is 78.9 Å². The Morgan fingerprint density at radius 1 is 0.435 bits per heavy atom. The van der Waals surface area contributed by atoms with Gasteiger partial charge < -0.3 is 14.2 Å². The van der Waals surface area contributed by atoms with Gasteiger partial charge in [0.05, 0.1) is 19.3 Å². The number of thiol groups is 3. The number of esters is 3. The second-order valence-electron chi connectivity index (χ2n) is 13.6. The molecule has 0 bridgehead atoms. The molecule has 275 valence electrons. The van der Waals surface area contributed by atoms with Crippen LogP contribution in [0.5, 0.6) is 0 Å². The number of carbonyl (C=O) groups is 3. The van der Waals surface area contributed by atoms with Crippen molar-refractivity contribution in [3.8, 4) is 0 Å². The van der Waals surface area contributed by atoms with Crippen LogP contribution in [0.3, 0.4) is 0 Å². The van der Waals surface area contributed by atoms with E-state index in [4.69, 9.17) is 14.2 Å². The zero-order valence-electron chi connectivity index (χ0n) is 31.1. The minimum absolute atomic E-state index is 0. The maximum atomic E-state index is 11.3. The van der Waals surface area contributed by atoms with Crippen LogP contribution >= 0.6 is 37.9 Å². The molecule has 0 rings (SSSR count). The molecule has 0 aliphatic rings. The van der Waals surface area contributed by atoms with E-state index in [2.05, 4.69) is 58.7 Å². The molecular weight excluding hydrogens is 746 g/mol. The summed E-state index contributed by atoms with van der Waals surface area (Å²) in [4.78, 5) is 33.8. The average molecular weight is 819 g/mol. The number of unbranched alkanes of at least 4 members (excludes halogenated alkanes) is 9. The Bertz CT molecular complexity index is 637. The second-order valence-corrected chi connectivity index (χ2v) is 14.9. The predicted molar refractivity (Wildman–Crippen MR) is 208 cm³/mol. The molecule has 0 heterocycles. The summed E-state index contributed by atoms with van der Waals surface area (Å²) in [5.74, 6) is 1.28. The molecule has 0 saturated heterocycles. The molecular formula is C36H72O6S3Sb. The van der Waals surface area contributed by atoms with E-state index in [1.807, 2.05) is 41.5 Å². The van der Waals surface area contributed by atoms with Crippen LogP contribution in [0.15, 0.2) is 0 Å². The molecule has 6 nitrogen and oxygen atoms in total. The largest absolute Gasteiger partial charge is 0.460 e. The Morgan fingerprint density at radius 3 is 0.826 bits per heavy atom. The number of ether oxygens (including phenoxy) is 3. The van der Waals surface area contributed by atoms with E-state index in [1.54, 1.807) is 0 Å². The van der Waals surface area contributed by atoms with Crippen molar-refractivity contribution in [2.24, 2.45) is 0 Å². The zero-order valence-corrected chi connectivity index (χ0v) is 36.3. The summed E-state index contributed by atoms with van der Waals surface area (Å²) in [6.45, 7) is 18.5. The van der Waals surface area contributed by atoms with Crippen molar-refractivity contribution in [3.05, 3.63) is 0 Å². The molecule has 0 unspecified atom stereocenters. The van der Waals surface area contributed by atoms with Crippen LogP contribution in [0.25, 0.3) is 0 Å². The van der Waals surface area contributed by atoms with Crippen LogP contribution in [-0.4, -0.2) is 76.4 Å². The van der Waals surface area contributed by atoms with Crippen molar-refractivity contribution in [2.75, 3.05) is 17.3 Å². The molecule has 10 heteroatoms. The van der Waals surface area contributed by atoms with Crippen LogP contribution in [0.1, 0.15) is 178 Å². The zero-order chi connectivity index (χ0) is 35.2. The van der Waals surface area contributed by atoms with Gasteiger partial charge in [-0.05, 0) is 80.1 Å². The molecule has 0 aromatic carbocycles. The minimum Gasteiger partial charge on any atom is -0.460 e. The van der Waals surface area contributed by atoms with Gasteiger partial charge in [0.15, 0.2) is 0 Å². The van der Waals surface area contributed by atoms with Gasteiger partial charge in [-0.25, -0.2) is 0 Å². The third-order valence-electron chi connectivity index (χ3n) is 7.02. The van der Waals surface area contributed by atoms with Gasteiger partial charge in [0.25, 0.3) is 0 Å². The fourth-order valence-electron chi connectivity index (χ4n) is 4.44. The summed E-state index contributed by atoms with van der Waals surface area (Å²) in [6, 6.07) is 0. The van der Waals surface area contributed by atoms with E-state index in [0.717, 1.165) is 38.5 Å². The van der Waals surface area contributed by atoms with Gasteiger partial charge in [0.1, 0.15) is 16.8 Å². The smallest absolute Gasteiger partial charge is 0.307 e. The van der Waals surface area contributed by atoms with Crippen LogP contribution < -0.4 is 0 Å². The van der Waals surface area contributed by atoms with Crippen molar-refractivity contribution in [1.82, 2.24) is 0 Å². The molecule has 3 radical (unpaired) electrons. The van der Waals surface area contributed by atoms with E-state index in [9.17, 15) is 14.4 Å². The minimum atomic E-state index is -0.312. The van der Waals surface area contributed by atoms with Gasteiger partial charge in [0, 0.05) is 41.7 Å². The number of hydrogen-bond acceptors (Lipinski definition) is 9. The summed E-state index contributed by atoms with van der Waals surface area (Å²) in [6.07, 6.45) is 18.6. The molecule has 0 spiro atoms. The molecule has 0 aliphatic heterocycles. The first kappa shape index (κ1) is 53.1. The van der Waals surface area contributed by atoms with Gasteiger partial charge in [-0.15, -0.1) is 0 Å². The van der Waals surface area contributed by atoms with Crippen LogP contribution in [0, 0.1) is 0 Å². The van der Waals surface area contributed by atoms with Crippen molar-refractivity contribution >= 4 is 80.2 Å². The Hall–Kier alpha value is 0.278. The van der Waals surface area contributed by atoms with Gasteiger partial charge >= 0.3 is 17.9 Å². The van der Waals surface area contributed by atoms with Crippen molar-refractivity contribution < 1.29 is 28.6 Å². The normalized spacial score (nSPS) is 11.2. The number of carbonyl (C=O) groups excluding carboxylic acids is 3. The van der Waals surface area contributed by atoms with E-state index in [-0.39, 0.29) is 59.1 Å². The van der Waals surface area contributed by atoms with E-state index in [0.29, 0.717) is 36.5 Å². The van der Waals surface area contributed by atoms with Crippen molar-refractivity contribution in [2.45, 2.75) is 195 Å². The predicted octanol–water partition coefficient (Wildman–Crippen LogP) is 10.4. The standard InChI is InChI=1S/3C12H24O2S.Sb/c3*1-4-5-6-7-9-12(2,3)14-11(13)8-10-15;/h3*15H,4-10H2,1-3H3;. The van der Waals surface area contributed by atoms with Crippen LogP contribution in [0.2, 0.25) is 0 Å². The first-order chi connectivity index (χ1) is 21.0. The monoisotopic (exact) mass is 817 g/mol. The van der Waals surface area contributed by atoms with Crippen LogP contribution in [0.4, 0.5) is 0 Å². The Labute approximate surface area is 318 Å². The summed E-state index contributed by atoms with van der Waals surface area (Å²) < 4.78 is 16.1. The molecule has 0 N–H and O–H groups in total. The third kappa shape index (κ3) is 40.5. The summed E-state index contributed by atoms with van der Waals surface area (Å²) in [5, 5.41) is 0. The van der Waals surface area contributed by atoms with Crippen molar-refractivity contribution in [1.29, 1.82) is 0 Å². The van der Waals surface area contributed by atoms with E-state index >= 15 is 0 Å². The Balaban J connectivity index is -0.000000285. The quantitative estimate of drug-likeness (QED) is 0.0296. The first-order valence-corrected chi connectivity index (χ1v) is 19.4. The second kappa shape index (κ2) is 33.8. The molecule has 46 heavy (non-hydrogen) atoms. The molecule has 0 aliphatic carbocycles. The average Bonchev–Trinajstić information content (AvgIpc) is 2.92. The number of hydrogen-bond donors (Lipinski definition) is 3. The maximum Gasteiger partial charge on any atom is 0.307 e. The summed E-state index contributed by atoms with van der Waals surface area (Å²) in [5.41, 5.74) is -0.935. The fourth-order valence-corrected chi connectivity index (χ4v) is 4.98. The van der Waals surface area contributed by atoms with Crippen LogP contribution in [-0.2, 0) is 28.6 Å². The Morgan fingerprint density at radius 2 is 0.652 bits per heavy atom. The fraction of sp³-hybridized carbons (Fsp3) is 0.917. The molecule has 0 aromatic heterocycles. The maximum absolute atomic E-state index is 11.3. The van der Waals surface area contributed by atoms with E-state index in [1.165, 1.54) is 57.8 Å². The van der Waals surface area contributed by atoms with Crippen molar-refractivity contribution in [3.63, 3.8) is 0 Å².